The van der Waals surface area contributed by atoms with Crippen molar-refractivity contribution in [2.24, 2.45) is 5.92 Å². The number of carbonyl (C=O) groups is 2. The van der Waals surface area contributed by atoms with Gasteiger partial charge < -0.3 is 19.8 Å². The largest absolute Gasteiger partial charge is 0.447 e. The molecule has 8 heteroatoms. The average molecular weight is 501 g/mol. The van der Waals surface area contributed by atoms with Crippen LogP contribution < -0.4 is 9.80 Å². The van der Waals surface area contributed by atoms with Crippen molar-refractivity contribution in [3.63, 3.8) is 0 Å². The molecule has 2 aliphatic heterocycles. The topological polar surface area (TPSA) is 90.3 Å². The molecule has 2 N–H and O–H groups in total. The third-order valence-corrected chi connectivity index (χ3v) is 6.43. The van der Waals surface area contributed by atoms with Crippen molar-refractivity contribution in [2.45, 2.75) is 25.5 Å². The van der Waals surface area contributed by atoms with Gasteiger partial charge in [0.15, 0.2) is 5.60 Å². The van der Waals surface area contributed by atoms with Gasteiger partial charge in [-0.25, -0.2) is 4.79 Å². The highest BCUT2D eigenvalue weighted by Crippen LogP contribution is 2.46. The second-order valence-electron chi connectivity index (χ2n) is 7.98. The number of hydrogen-bond donors (Lipinski definition) is 2. The quantitative estimate of drug-likeness (QED) is 0.565. The maximum absolute atomic E-state index is 13.6. The van der Waals surface area contributed by atoms with Crippen LogP contribution in [0, 0.1) is 5.92 Å². The van der Waals surface area contributed by atoms with Crippen LogP contribution in [0.25, 0.3) is 0 Å². The number of ether oxygens (including phenoxy) is 1. The van der Waals surface area contributed by atoms with E-state index in [1.54, 1.807) is 34.9 Å². The second-order valence-corrected chi connectivity index (χ2v) is 8.90. The first-order valence-electron chi connectivity index (χ1n) is 10.5. The SMILES string of the molecule is C[C@@H](/C=C/CCO)[C@]1(O)C(=O)N(Cc2cccc(N3CCOC3=O)c2)c2ccc(Br)cc21. The highest BCUT2D eigenvalue weighted by atomic mass is 79.9. The summed E-state index contributed by atoms with van der Waals surface area (Å²) in [6.07, 6.45) is 3.61. The van der Waals surface area contributed by atoms with Crippen LogP contribution in [-0.2, 0) is 21.7 Å². The number of halogens is 1. The summed E-state index contributed by atoms with van der Waals surface area (Å²) in [6, 6.07) is 12.9. The summed E-state index contributed by atoms with van der Waals surface area (Å²) < 4.78 is 5.79. The Labute approximate surface area is 195 Å². The fraction of sp³-hybridized carbons (Fsp3) is 0.333. The standard InChI is InChI=1S/C24H25BrN2O5/c1-16(5-2-3-11-28)24(31)20-14-18(25)8-9-21(20)27(22(24)29)15-17-6-4-7-19(13-17)26-10-12-32-23(26)30/h2,4-9,13-14,16,28,31H,3,10-12,15H2,1H3/b5-2+/t16-,24+/m0/s1. The summed E-state index contributed by atoms with van der Waals surface area (Å²) in [5, 5.41) is 20.7. The van der Waals surface area contributed by atoms with Crippen molar-refractivity contribution in [3.05, 3.63) is 70.2 Å². The molecule has 2 amide bonds. The zero-order valence-electron chi connectivity index (χ0n) is 17.7. The molecule has 0 unspecified atom stereocenters. The van der Waals surface area contributed by atoms with Gasteiger partial charge in [-0.3, -0.25) is 9.69 Å². The normalized spacial score (nSPS) is 21.4. The highest BCUT2D eigenvalue weighted by Gasteiger charge is 2.52. The molecule has 1 saturated heterocycles. The van der Waals surface area contributed by atoms with Gasteiger partial charge in [-0.2, -0.15) is 0 Å². The van der Waals surface area contributed by atoms with Crippen molar-refractivity contribution in [1.29, 1.82) is 0 Å². The number of nitrogens with zero attached hydrogens (tertiary/aromatic N) is 2. The van der Waals surface area contributed by atoms with Crippen molar-refractivity contribution >= 4 is 39.3 Å². The first-order valence-corrected chi connectivity index (χ1v) is 11.3. The van der Waals surface area contributed by atoms with Crippen molar-refractivity contribution in [1.82, 2.24) is 0 Å². The Kier molecular flexibility index (Phi) is 6.37. The maximum atomic E-state index is 13.6. The Bertz CT molecular complexity index is 1070. The van der Waals surface area contributed by atoms with Gasteiger partial charge in [0.05, 0.1) is 18.8 Å². The predicted octanol–water partition coefficient (Wildman–Crippen LogP) is 3.71. The Morgan fingerprint density at radius 1 is 1.25 bits per heavy atom. The van der Waals surface area contributed by atoms with Crippen molar-refractivity contribution in [3.8, 4) is 0 Å². The molecule has 2 aromatic carbocycles. The van der Waals surface area contributed by atoms with Gasteiger partial charge in [0.2, 0.25) is 0 Å². The lowest BCUT2D eigenvalue weighted by Crippen LogP contribution is -2.44. The van der Waals surface area contributed by atoms with Gasteiger partial charge in [0.25, 0.3) is 5.91 Å². The van der Waals surface area contributed by atoms with E-state index >= 15 is 0 Å². The molecule has 0 radical (unpaired) electrons. The van der Waals surface area contributed by atoms with E-state index in [0.717, 1.165) is 10.0 Å². The fourth-order valence-electron chi connectivity index (χ4n) is 4.22. The van der Waals surface area contributed by atoms with Gasteiger partial charge in [-0.15, -0.1) is 0 Å². The van der Waals surface area contributed by atoms with Crippen LogP contribution in [0.4, 0.5) is 16.2 Å². The minimum absolute atomic E-state index is 0.00472. The van der Waals surface area contributed by atoms with Crippen LogP contribution in [0.15, 0.2) is 59.1 Å². The lowest BCUT2D eigenvalue weighted by molar-refractivity contribution is -0.139. The summed E-state index contributed by atoms with van der Waals surface area (Å²) in [4.78, 5) is 28.6. The molecular formula is C24H25BrN2O5. The lowest BCUT2D eigenvalue weighted by atomic mass is 9.83. The van der Waals surface area contributed by atoms with Gasteiger partial charge in [-0.1, -0.05) is 47.1 Å². The molecule has 2 atom stereocenters. The number of anilines is 2. The molecule has 4 rings (SSSR count). The first-order chi connectivity index (χ1) is 15.4. The lowest BCUT2D eigenvalue weighted by Gasteiger charge is -2.28. The molecule has 2 aromatic rings. The average Bonchev–Trinajstić information content (AvgIpc) is 3.30. The number of cyclic esters (lactones) is 1. The zero-order chi connectivity index (χ0) is 22.9. The van der Waals surface area contributed by atoms with Crippen LogP contribution in [0.5, 0.6) is 0 Å². The molecule has 168 valence electrons. The summed E-state index contributed by atoms with van der Waals surface area (Å²) in [6.45, 7) is 2.88. The number of benzene rings is 2. The van der Waals surface area contributed by atoms with Crippen LogP contribution in [0.2, 0.25) is 0 Å². The Hall–Kier alpha value is -2.68. The molecule has 2 aliphatic rings. The number of hydrogen-bond acceptors (Lipinski definition) is 5. The van der Waals surface area contributed by atoms with Crippen molar-refractivity contribution in [2.75, 3.05) is 29.6 Å². The molecule has 0 aliphatic carbocycles. The smallest absolute Gasteiger partial charge is 0.414 e. The van der Waals surface area contributed by atoms with Crippen LogP contribution in [-0.4, -0.2) is 42.0 Å². The minimum Gasteiger partial charge on any atom is -0.447 e. The van der Waals surface area contributed by atoms with Crippen LogP contribution >= 0.6 is 15.9 Å². The van der Waals surface area contributed by atoms with Crippen LogP contribution in [0.3, 0.4) is 0 Å². The second kappa shape index (κ2) is 9.05. The summed E-state index contributed by atoms with van der Waals surface area (Å²) in [7, 11) is 0. The van der Waals surface area contributed by atoms with E-state index in [2.05, 4.69) is 15.9 Å². The van der Waals surface area contributed by atoms with Gasteiger partial charge >= 0.3 is 6.09 Å². The third kappa shape index (κ3) is 3.94. The van der Waals surface area contributed by atoms with Gasteiger partial charge in [0.1, 0.15) is 6.61 Å². The highest BCUT2D eigenvalue weighted by molar-refractivity contribution is 9.10. The van der Waals surface area contributed by atoms with Crippen LogP contribution in [0.1, 0.15) is 24.5 Å². The van der Waals surface area contributed by atoms with E-state index < -0.39 is 17.4 Å². The van der Waals surface area contributed by atoms with Gasteiger partial charge in [-0.05, 0) is 42.3 Å². The molecule has 7 nitrogen and oxygen atoms in total. The molecule has 0 spiro atoms. The van der Waals surface area contributed by atoms with E-state index in [1.165, 1.54) is 0 Å². The number of rotatable bonds is 7. The Balaban J connectivity index is 1.67. The minimum atomic E-state index is -1.72. The predicted molar refractivity (Wildman–Crippen MR) is 124 cm³/mol. The first kappa shape index (κ1) is 22.5. The summed E-state index contributed by atoms with van der Waals surface area (Å²) in [5.74, 6) is -0.900. The van der Waals surface area contributed by atoms with E-state index in [0.29, 0.717) is 36.5 Å². The molecule has 0 aromatic heterocycles. The number of aliphatic hydroxyl groups is 2. The van der Waals surface area contributed by atoms with E-state index in [1.807, 2.05) is 36.4 Å². The van der Waals surface area contributed by atoms with E-state index in [9.17, 15) is 14.7 Å². The van der Waals surface area contributed by atoms with Gasteiger partial charge in [0, 0.05) is 28.2 Å². The zero-order valence-corrected chi connectivity index (χ0v) is 19.3. The third-order valence-electron chi connectivity index (χ3n) is 5.93. The number of aliphatic hydroxyl groups excluding tert-OH is 1. The number of fused-ring (bicyclic) bond motifs is 1. The van der Waals surface area contributed by atoms with Crippen molar-refractivity contribution < 1.29 is 24.5 Å². The molecular weight excluding hydrogens is 476 g/mol. The fourth-order valence-corrected chi connectivity index (χ4v) is 4.58. The number of carbonyl (C=O) groups excluding carboxylic acids is 2. The summed E-state index contributed by atoms with van der Waals surface area (Å²) in [5.41, 5.74) is 1.01. The molecule has 32 heavy (non-hydrogen) atoms. The maximum Gasteiger partial charge on any atom is 0.414 e. The van der Waals surface area contributed by atoms with E-state index in [4.69, 9.17) is 9.84 Å². The molecule has 2 heterocycles. The van der Waals surface area contributed by atoms with E-state index in [-0.39, 0.29) is 19.2 Å². The Morgan fingerprint density at radius 3 is 2.78 bits per heavy atom. The molecule has 1 fully saturated rings. The summed E-state index contributed by atoms with van der Waals surface area (Å²) >= 11 is 3.45. The Morgan fingerprint density at radius 2 is 2.06 bits per heavy atom. The number of amides is 2. The monoisotopic (exact) mass is 500 g/mol. The molecule has 0 bridgehead atoms. The molecule has 0 saturated carbocycles.